The van der Waals surface area contributed by atoms with Crippen LogP contribution in [0.2, 0.25) is 0 Å². The fourth-order valence-corrected chi connectivity index (χ4v) is 1.84. The van der Waals surface area contributed by atoms with Crippen LogP contribution in [0.15, 0.2) is 0 Å². The minimum absolute atomic E-state index is 0.0165. The van der Waals surface area contributed by atoms with E-state index < -0.39 is 0 Å². The van der Waals surface area contributed by atoms with E-state index in [9.17, 15) is 0 Å². The molecular formula is C14H28O4. The smallest absolute Gasteiger partial charge is 0.104 e. The van der Waals surface area contributed by atoms with Crippen LogP contribution < -0.4 is 0 Å². The fraction of sp³-hybridized carbons (Fsp3) is 1.00. The Morgan fingerprint density at radius 3 is 2.44 bits per heavy atom. The third-order valence-electron chi connectivity index (χ3n) is 3.37. The molecule has 4 heteroatoms. The van der Waals surface area contributed by atoms with Crippen molar-refractivity contribution >= 4 is 0 Å². The minimum Gasteiger partial charge on any atom is -0.384 e. The lowest BCUT2D eigenvalue weighted by Crippen LogP contribution is -2.37. The van der Waals surface area contributed by atoms with Gasteiger partial charge >= 0.3 is 0 Å². The molecular weight excluding hydrogens is 232 g/mol. The zero-order valence-corrected chi connectivity index (χ0v) is 12.1. The van der Waals surface area contributed by atoms with Crippen molar-refractivity contribution < 1.29 is 18.9 Å². The quantitative estimate of drug-likeness (QED) is 0.398. The summed E-state index contributed by atoms with van der Waals surface area (Å²) in [6.07, 6.45) is 3.60. The maximum atomic E-state index is 5.76. The second-order valence-electron chi connectivity index (χ2n) is 5.16. The van der Waals surface area contributed by atoms with Gasteiger partial charge in [-0.05, 0) is 12.8 Å². The molecule has 1 heterocycles. The molecule has 0 radical (unpaired) electrons. The van der Waals surface area contributed by atoms with E-state index in [1.165, 1.54) is 6.42 Å². The maximum absolute atomic E-state index is 5.76. The third-order valence-corrected chi connectivity index (χ3v) is 3.37. The van der Waals surface area contributed by atoms with Crippen LogP contribution >= 0.6 is 0 Å². The third kappa shape index (κ3) is 6.14. The largest absolute Gasteiger partial charge is 0.384 e. The highest BCUT2D eigenvalue weighted by molar-refractivity contribution is 4.78. The first-order valence-electron chi connectivity index (χ1n) is 7.02. The molecule has 1 aliphatic rings. The van der Waals surface area contributed by atoms with Crippen molar-refractivity contribution in [2.24, 2.45) is 5.41 Å². The standard InChI is InChI=1S/C14H28O4/c1-4-6-7-16-11-14(5-2,10-15-3)12-17-8-13-9-18-13/h13H,4-12H2,1-3H3. The summed E-state index contributed by atoms with van der Waals surface area (Å²) < 4.78 is 22.0. The molecule has 0 N–H and O–H groups in total. The SMILES string of the molecule is CCCCOCC(CC)(COC)COCC1CO1. The fourth-order valence-electron chi connectivity index (χ4n) is 1.84. The second kappa shape index (κ2) is 8.86. The molecule has 0 saturated carbocycles. The Hall–Kier alpha value is -0.160. The molecule has 0 amide bonds. The van der Waals surface area contributed by atoms with Crippen LogP contribution in [0.25, 0.3) is 0 Å². The number of hydrogen-bond donors (Lipinski definition) is 0. The monoisotopic (exact) mass is 260 g/mol. The molecule has 2 atom stereocenters. The molecule has 1 fully saturated rings. The Morgan fingerprint density at radius 1 is 1.17 bits per heavy atom. The summed E-state index contributed by atoms with van der Waals surface area (Å²) in [7, 11) is 1.74. The first-order chi connectivity index (χ1) is 8.76. The lowest BCUT2D eigenvalue weighted by molar-refractivity contribution is -0.0646. The van der Waals surface area contributed by atoms with Gasteiger partial charge in [0.05, 0.1) is 33.0 Å². The summed E-state index contributed by atoms with van der Waals surface area (Å²) in [5, 5.41) is 0. The van der Waals surface area contributed by atoms with Gasteiger partial charge in [0.15, 0.2) is 0 Å². The molecule has 0 aliphatic carbocycles. The molecule has 1 saturated heterocycles. The van der Waals surface area contributed by atoms with Crippen LogP contribution in [0, 0.1) is 5.41 Å². The zero-order valence-electron chi connectivity index (χ0n) is 12.1. The van der Waals surface area contributed by atoms with Gasteiger partial charge in [-0.1, -0.05) is 20.3 Å². The molecule has 1 aliphatic heterocycles. The minimum atomic E-state index is -0.0165. The predicted molar refractivity (Wildman–Crippen MR) is 70.9 cm³/mol. The van der Waals surface area contributed by atoms with E-state index >= 15 is 0 Å². The molecule has 0 bridgehead atoms. The van der Waals surface area contributed by atoms with E-state index in [0.717, 1.165) is 26.1 Å². The lowest BCUT2D eigenvalue weighted by atomic mass is 9.88. The van der Waals surface area contributed by atoms with E-state index in [4.69, 9.17) is 18.9 Å². The summed E-state index contributed by atoms with van der Waals surface area (Å²) in [5.41, 5.74) is -0.0165. The van der Waals surface area contributed by atoms with Gasteiger partial charge in [0.25, 0.3) is 0 Å². The average molecular weight is 260 g/mol. The highest BCUT2D eigenvalue weighted by atomic mass is 16.6. The normalized spacial score (nSPS) is 21.8. The first-order valence-corrected chi connectivity index (χ1v) is 7.02. The Bertz CT molecular complexity index is 206. The van der Waals surface area contributed by atoms with E-state index in [-0.39, 0.29) is 5.41 Å². The lowest BCUT2D eigenvalue weighted by Gasteiger charge is -2.31. The van der Waals surface area contributed by atoms with Crippen LogP contribution in [0.3, 0.4) is 0 Å². The molecule has 18 heavy (non-hydrogen) atoms. The van der Waals surface area contributed by atoms with Crippen LogP contribution in [-0.4, -0.2) is 52.9 Å². The van der Waals surface area contributed by atoms with Gasteiger partial charge in [-0.2, -0.15) is 0 Å². The van der Waals surface area contributed by atoms with Crippen molar-refractivity contribution in [1.29, 1.82) is 0 Å². The molecule has 1 rings (SSSR count). The van der Waals surface area contributed by atoms with Gasteiger partial charge in [-0.15, -0.1) is 0 Å². The summed E-state index contributed by atoms with van der Waals surface area (Å²) in [4.78, 5) is 0. The van der Waals surface area contributed by atoms with E-state index in [2.05, 4.69) is 13.8 Å². The summed E-state index contributed by atoms with van der Waals surface area (Å²) in [6.45, 7) is 8.78. The van der Waals surface area contributed by atoms with Gasteiger partial charge in [-0.3, -0.25) is 0 Å². The topological polar surface area (TPSA) is 40.2 Å². The second-order valence-corrected chi connectivity index (χ2v) is 5.16. The Morgan fingerprint density at radius 2 is 1.89 bits per heavy atom. The summed E-state index contributed by atoms with van der Waals surface area (Å²) in [5.74, 6) is 0. The number of ether oxygens (including phenoxy) is 4. The maximum Gasteiger partial charge on any atom is 0.104 e. The molecule has 4 nitrogen and oxygen atoms in total. The predicted octanol–water partition coefficient (Wildman–Crippen LogP) is 2.26. The van der Waals surface area contributed by atoms with Gasteiger partial charge in [0, 0.05) is 19.1 Å². The highest BCUT2D eigenvalue weighted by Crippen LogP contribution is 2.24. The van der Waals surface area contributed by atoms with Crippen LogP contribution in [0.1, 0.15) is 33.1 Å². The van der Waals surface area contributed by atoms with Gasteiger partial charge < -0.3 is 18.9 Å². The summed E-state index contributed by atoms with van der Waals surface area (Å²) in [6, 6.07) is 0. The number of unbranched alkanes of at least 4 members (excludes halogenated alkanes) is 1. The molecule has 0 spiro atoms. The summed E-state index contributed by atoms with van der Waals surface area (Å²) >= 11 is 0. The van der Waals surface area contributed by atoms with Crippen LogP contribution in [0.5, 0.6) is 0 Å². The van der Waals surface area contributed by atoms with Gasteiger partial charge in [0.1, 0.15) is 6.10 Å². The highest BCUT2D eigenvalue weighted by Gasteiger charge is 2.31. The number of rotatable bonds is 12. The van der Waals surface area contributed by atoms with E-state index in [1.807, 2.05) is 0 Å². The van der Waals surface area contributed by atoms with Gasteiger partial charge in [-0.25, -0.2) is 0 Å². The Balaban J connectivity index is 2.28. The Kier molecular flexibility index (Phi) is 7.82. The van der Waals surface area contributed by atoms with Crippen molar-refractivity contribution in [3.63, 3.8) is 0 Å². The molecule has 2 unspecified atom stereocenters. The average Bonchev–Trinajstić information content (AvgIpc) is 3.18. The molecule has 0 aromatic heterocycles. The van der Waals surface area contributed by atoms with Crippen LogP contribution in [0.4, 0.5) is 0 Å². The van der Waals surface area contributed by atoms with Crippen LogP contribution in [-0.2, 0) is 18.9 Å². The van der Waals surface area contributed by atoms with E-state index in [0.29, 0.717) is 32.5 Å². The van der Waals surface area contributed by atoms with Crippen molar-refractivity contribution in [2.75, 3.05) is 46.8 Å². The van der Waals surface area contributed by atoms with Crippen molar-refractivity contribution in [3.8, 4) is 0 Å². The first kappa shape index (κ1) is 15.9. The molecule has 0 aromatic rings. The van der Waals surface area contributed by atoms with Crippen molar-refractivity contribution in [3.05, 3.63) is 0 Å². The molecule has 0 aromatic carbocycles. The van der Waals surface area contributed by atoms with Gasteiger partial charge in [0.2, 0.25) is 0 Å². The number of epoxide rings is 1. The molecule has 108 valence electrons. The Labute approximate surface area is 111 Å². The van der Waals surface area contributed by atoms with E-state index in [1.54, 1.807) is 7.11 Å². The van der Waals surface area contributed by atoms with Crippen molar-refractivity contribution in [2.45, 2.75) is 39.2 Å². The zero-order chi connectivity index (χ0) is 13.3. The number of hydrogen-bond acceptors (Lipinski definition) is 4. The van der Waals surface area contributed by atoms with Crippen molar-refractivity contribution in [1.82, 2.24) is 0 Å². The number of methoxy groups -OCH3 is 1.